The topological polar surface area (TPSA) is 29.9 Å². The third kappa shape index (κ3) is 2.78. The molecule has 3 nitrogen and oxygen atoms in total. The van der Waals surface area contributed by atoms with Crippen LogP contribution in [0, 0.1) is 17.8 Å². The van der Waals surface area contributed by atoms with E-state index in [4.69, 9.17) is 0 Å². The van der Waals surface area contributed by atoms with E-state index in [1.165, 1.54) is 31.4 Å². The first kappa shape index (κ1) is 14.1. The van der Waals surface area contributed by atoms with Gasteiger partial charge >= 0.3 is 0 Å². The Morgan fingerprint density at radius 1 is 1.35 bits per heavy atom. The van der Waals surface area contributed by atoms with E-state index in [-0.39, 0.29) is 5.54 Å². The summed E-state index contributed by atoms with van der Waals surface area (Å²) >= 11 is 0. The molecule has 0 amide bonds. The molecule has 3 rings (SSSR count). The summed E-state index contributed by atoms with van der Waals surface area (Å²) in [4.78, 5) is 4.40. The lowest BCUT2D eigenvalue weighted by molar-refractivity contribution is 0.238. The lowest BCUT2D eigenvalue weighted by atomic mass is 9.84. The molecule has 3 heteroatoms. The Morgan fingerprint density at radius 3 is 2.75 bits per heavy atom. The largest absolute Gasteiger partial charge is 0.330 e. The Bertz CT molecular complexity index is 457. The second-order valence-corrected chi connectivity index (χ2v) is 7.98. The van der Waals surface area contributed by atoms with Gasteiger partial charge in [-0.1, -0.05) is 6.42 Å². The van der Waals surface area contributed by atoms with Crippen LogP contribution >= 0.6 is 0 Å². The van der Waals surface area contributed by atoms with Crippen molar-refractivity contribution in [2.45, 2.75) is 71.5 Å². The zero-order chi connectivity index (χ0) is 14.3. The van der Waals surface area contributed by atoms with E-state index in [0.717, 1.165) is 24.3 Å². The van der Waals surface area contributed by atoms with Crippen molar-refractivity contribution in [3.63, 3.8) is 0 Å². The SMILES string of the molecule is CC(C1CC2CCC1C2)n1cncc1CNC(C)(C)C. The number of hydrogen-bond donors (Lipinski definition) is 1. The van der Waals surface area contributed by atoms with Crippen LogP contribution in [0.4, 0.5) is 0 Å². The molecule has 2 aliphatic rings. The van der Waals surface area contributed by atoms with Gasteiger partial charge in [-0.25, -0.2) is 4.98 Å². The third-order valence-corrected chi connectivity index (χ3v) is 5.40. The number of hydrogen-bond acceptors (Lipinski definition) is 2. The first-order valence-corrected chi connectivity index (χ1v) is 8.20. The van der Waals surface area contributed by atoms with Crippen molar-refractivity contribution in [2.24, 2.45) is 17.8 Å². The maximum atomic E-state index is 4.40. The molecule has 1 aromatic heterocycles. The summed E-state index contributed by atoms with van der Waals surface area (Å²) in [5, 5.41) is 3.58. The van der Waals surface area contributed by atoms with Crippen molar-refractivity contribution in [1.82, 2.24) is 14.9 Å². The summed E-state index contributed by atoms with van der Waals surface area (Å²) in [7, 11) is 0. The average molecular weight is 275 g/mol. The van der Waals surface area contributed by atoms with Crippen LogP contribution in [0.1, 0.15) is 65.1 Å². The number of nitrogens with one attached hydrogen (secondary N) is 1. The molecular formula is C17H29N3. The van der Waals surface area contributed by atoms with Gasteiger partial charge in [-0.2, -0.15) is 0 Å². The number of aromatic nitrogens is 2. The van der Waals surface area contributed by atoms with Gasteiger partial charge in [0.15, 0.2) is 0 Å². The Hall–Kier alpha value is -0.830. The van der Waals surface area contributed by atoms with Crippen molar-refractivity contribution in [3.8, 4) is 0 Å². The van der Waals surface area contributed by atoms with Crippen LogP contribution in [0.5, 0.6) is 0 Å². The standard InChI is InChI=1S/C17H29N3/c1-12(16-8-13-5-6-14(16)7-13)20-11-18-9-15(20)10-19-17(2,3)4/h9,11-14,16,19H,5-8,10H2,1-4H3. The first-order chi connectivity index (χ1) is 9.44. The number of imidazole rings is 1. The van der Waals surface area contributed by atoms with E-state index >= 15 is 0 Å². The van der Waals surface area contributed by atoms with E-state index in [9.17, 15) is 0 Å². The second kappa shape index (κ2) is 5.18. The molecule has 1 aromatic rings. The summed E-state index contributed by atoms with van der Waals surface area (Å²) in [6, 6.07) is 0.601. The Kier molecular flexibility index (Phi) is 3.65. The van der Waals surface area contributed by atoms with Crippen molar-refractivity contribution in [1.29, 1.82) is 0 Å². The molecular weight excluding hydrogens is 246 g/mol. The minimum absolute atomic E-state index is 0.158. The van der Waals surface area contributed by atoms with Gasteiger partial charge in [-0.15, -0.1) is 0 Å². The van der Waals surface area contributed by atoms with E-state index < -0.39 is 0 Å². The monoisotopic (exact) mass is 275 g/mol. The van der Waals surface area contributed by atoms with E-state index in [2.05, 4.69) is 42.6 Å². The molecule has 112 valence electrons. The molecule has 2 saturated carbocycles. The minimum Gasteiger partial charge on any atom is -0.330 e. The molecule has 1 heterocycles. The van der Waals surface area contributed by atoms with Crippen LogP contribution in [0.15, 0.2) is 12.5 Å². The molecule has 4 unspecified atom stereocenters. The predicted octanol–water partition coefficient (Wildman–Crippen LogP) is 3.77. The molecule has 2 aliphatic carbocycles. The van der Waals surface area contributed by atoms with E-state index in [1.54, 1.807) is 0 Å². The molecule has 0 saturated heterocycles. The summed E-state index contributed by atoms with van der Waals surface area (Å²) < 4.78 is 2.42. The fraction of sp³-hybridized carbons (Fsp3) is 0.824. The Morgan fingerprint density at radius 2 is 2.15 bits per heavy atom. The number of fused-ring (bicyclic) bond motifs is 2. The van der Waals surface area contributed by atoms with Crippen molar-refractivity contribution >= 4 is 0 Å². The first-order valence-electron chi connectivity index (χ1n) is 8.20. The van der Waals surface area contributed by atoms with Crippen molar-refractivity contribution in [3.05, 3.63) is 18.2 Å². The van der Waals surface area contributed by atoms with Crippen LogP contribution in [0.2, 0.25) is 0 Å². The van der Waals surface area contributed by atoms with Crippen LogP contribution in [0.3, 0.4) is 0 Å². The maximum absolute atomic E-state index is 4.40. The zero-order valence-electron chi connectivity index (χ0n) is 13.4. The highest BCUT2D eigenvalue weighted by Gasteiger charge is 2.42. The molecule has 0 aromatic carbocycles. The van der Waals surface area contributed by atoms with Gasteiger partial charge < -0.3 is 9.88 Å². The normalized spacial score (nSPS) is 30.9. The van der Waals surface area contributed by atoms with Crippen LogP contribution in [-0.4, -0.2) is 15.1 Å². The van der Waals surface area contributed by atoms with Gasteiger partial charge in [0.1, 0.15) is 0 Å². The van der Waals surface area contributed by atoms with Crippen LogP contribution < -0.4 is 5.32 Å². The van der Waals surface area contributed by atoms with Gasteiger partial charge in [0.05, 0.1) is 12.0 Å². The molecule has 4 atom stereocenters. The Balaban J connectivity index is 1.69. The van der Waals surface area contributed by atoms with Crippen LogP contribution in [-0.2, 0) is 6.54 Å². The fourth-order valence-corrected chi connectivity index (χ4v) is 4.28. The molecule has 2 bridgehead atoms. The molecule has 2 fully saturated rings. The number of nitrogens with zero attached hydrogens (tertiary/aromatic N) is 2. The molecule has 1 N–H and O–H groups in total. The van der Waals surface area contributed by atoms with Gasteiger partial charge in [0.25, 0.3) is 0 Å². The van der Waals surface area contributed by atoms with E-state index in [0.29, 0.717) is 6.04 Å². The highest BCUT2D eigenvalue weighted by Crippen LogP contribution is 2.52. The lowest BCUT2D eigenvalue weighted by Gasteiger charge is -2.30. The van der Waals surface area contributed by atoms with Gasteiger partial charge in [-0.3, -0.25) is 0 Å². The molecule has 0 spiro atoms. The minimum atomic E-state index is 0.158. The predicted molar refractivity (Wildman–Crippen MR) is 82.5 cm³/mol. The third-order valence-electron chi connectivity index (χ3n) is 5.40. The van der Waals surface area contributed by atoms with Crippen molar-refractivity contribution in [2.75, 3.05) is 0 Å². The maximum Gasteiger partial charge on any atom is 0.0951 e. The lowest BCUT2D eigenvalue weighted by Crippen LogP contribution is -2.36. The summed E-state index contributed by atoms with van der Waals surface area (Å²) in [5.41, 5.74) is 1.49. The highest BCUT2D eigenvalue weighted by atomic mass is 15.1. The second-order valence-electron chi connectivity index (χ2n) is 7.98. The van der Waals surface area contributed by atoms with Crippen LogP contribution in [0.25, 0.3) is 0 Å². The smallest absolute Gasteiger partial charge is 0.0951 e. The molecule has 0 aliphatic heterocycles. The molecule has 20 heavy (non-hydrogen) atoms. The van der Waals surface area contributed by atoms with Gasteiger partial charge in [0.2, 0.25) is 0 Å². The van der Waals surface area contributed by atoms with E-state index in [1.807, 2.05) is 12.5 Å². The Labute approximate surface area is 123 Å². The zero-order valence-corrected chi connectivity index (χ0v) is 13.4. The van der Waals surface area contributed by atoms with Crippen molar-refractivity contribution < 1.29 is 0 Å². The quantitative estimate of drug-likeness (QED) is 0.906. The molecule has 0 radical (unpaired) electrons. The summed E-state index contributed by atoms with van der Waals surface area (Å²) in [6.07, 6.45) is 9.94. The summed E-state index contributed by atoms with van der Waals surface area (Å²) in [5.74, 6) is 2.87. The highest BCUT2D eigenvalue weighted by molar-refractivity contribution is 5.03. The van der Waals surface area contributed by atoms with Gasteiger partial charge in [-0.05, 0) is 64.7 Å². The van der Waals surface area contributed by atoms with Gasteiger partial charge in [0, 0.05) is 24.3 Å². The summed E-state index contributed by atoms with van der Waals surface area (Å²) in [6.45, 7) is 9.95. The fourth-order valence-electron chi connectivity index (χ4n) is 4.28. The average Bonchev–Trinajstić information content (AvgIpc) is 3.10. The number of rotatable bonds is 4.